The van der Waals surface area contributed by atoms with Crippen LogP contribution >= 0.6 is 0 Å². The van der Waals surface area contributed by atoms with Crippen LogP contribution in [0.2, 0.25) is 0 Å². The molecule has 0 heterocycles. The minimum Gasteiger partial charge on any atom is -0.385 e. The van der Waals surface area contributed by atoms with Crippen LogP contribution < -0.4 is 10.6 Å². The highest BCUT2D eigenvalue weighted by molar-refractivity contribution is 5.99. The Morgan fingerprint density at radius 2 is 2.21 bits per heavy atom. The highest BCUT2D eigenvalue weighted by atomic mass is 19.1. The Bertz CT molecular complexity index is 465. The summed E-state index contributed by atoms with van der Waals surface area (Å²) < 4.78 is 18.8. The Hall–Kier alpha value is -1.62. The minimum atomic E-state index is -0.420. The molecule has 0 radical (unpaired) electrons. The van der Waals surface area contributed by atoms with Crippen LogP contribution in [0.1, 0.15) is 29.6 Å². The molecule has 2 unspecified atom stereocenters. The standard InChI is InChI=1S/C14H19FN2O2/c1-16-13-11(4-3-5-12(13)15)14(18)17-9-6-7-10(8-9)19-2/h3-5,9-10,16H,6-8H2,1-2H3,(H,17,18). The first kappa shape index (κ1) is 13.8. The summed E-state index contributed by atoms with van der Waals surface area (Å²) in [6, 6.07) is 4.59. The summed E-state index contributed by atoms with van der Waals surface area (Å²) in [4.78, 5) is 12.2. The van der Waals surface area contributed by atoms with Crippen LogP contribution in [0.5, 0.6) is 0 Å². The Balaban J connectivity index is 2.06. The molecular formula is C14H19FN2O2. The van der Waals surface area contributed by atoms with Gasteiger partial charge in [0, 0.05) is 20.2 Å². The number of ether oxygens (including phenoxy) is 1. The molecule has 0 spiro atoms. The topological polar surface area (TPSA) is 50.4 Å². The molecular weight excluding hydrogens is 247 g/mol. The third-order valence-corrected chi connectivity index (χ3v) is 3.56. The summed E-state index contributed by atoms with van der Waals surface area (Å²) in [7, 11) is 3.28. The summed E-state index contributed by atoms with van der Waals surface area (Å²) in [6.45, 7) is 0. The Kier molecular flexibility index (Phi) is 4.37. The number of hydrogen-bond donors (Lipinski definition) is 2. The van der Waals surface area contributed by atoms with E-state index in [4.69, 9.17) is 4.74 Å². The molecule has 2 N–H and O–H groups in total. The van der Waals surface area contributed by atoms with Gasteiger partial charge in [-0.15, -0.1) is 0 Å². The van der Waals surface area contributed by atoms with Gasteiger partial charge in [-0.25, -0.2) is 4.39 Å². The predicted molar refractivity (Wildman–Crippen MR) is 71.8 cm³/mol. The van der Waals surface area contributed by atoms with Crippen molar-refractivity contribution in [3.8, 4) is 0 Å². The number of carbonyl (C=O) groups is 1. The third-order valence-electron chi connectivity index (χ3n) is 3.56. The zero-order valence-electron chi connectivity index (χ0n) is 11.2. The number of benzene rings is 1. The van der Waals surface area contributed by atoms with Crippen molar-refractivity contribution in [2.75, 3.05) is 19.5 Å². The quantitative estimate of drug-likeness (QED) is 0.878. The van der Waals surface area contributed by atoms with E-state index in [-0.39, 0.29) is 23.7 Å². The van der Waals surface area contributed by atoms with Crippen LogP contribution in [0, 0.1) is 5.82 Å². The van der Waals surface area contributed by atoms with Gasteiger partial charge in [-0.05, 0) is 31.4 Å². The number of halogens is 1. The number of hydrogen-bond acceptors (Lipinski definition) is 3. The molecule has 2 atom stereocenters. The van der Waals surface area contributed by atoms with E-state index >= 15 is 0 Å². The van der Waals surface area contributed by atoms with Gasteiger partial charge < -0.3 is 15.4 Å². The lowest BCUT2D eigenvalue weighted by molar-refractivity contribution is 0.0915. The van der Waals surface area contributed by atoms with Gasteiger partial charge in [-0.3, -0.25) is 4.79 Å². The molecule has 1 aliphatic carbocycles. The van der Waals surface area contributed by atoms with E-state index < -0.39 is 5.82 Å². The van der Waals surface area contributed by atoms with E-state index in [2.05, 4.69) is 10.6 Å². The minimum absolute atomic E-state index is 0.102. The fraction of sp³-hybridized carbons (Fsp3) is 0.500. The normalized spacial score (nSPS) is 22.3. The second-order valence-electron chi connectivity index (χ2n) is 4.75. The summed E-state index contributed by atoms with van der Waals surface area (Å²) in [5.74, 6) is -0.665. The van der Waals surface area contributed by atoms with Gasteiger partial charge in [0.1, 0.15) is 5.82 Å². The molecule has 1 aromatic carbocycles. The van der Waals surface area contributed by atoms with Gasteiger partial charge >= 0.3 is 0 Å². The fourth-order valence-corrected chi connectivity index (χ4v) is 2.52. The van der Waals surface area contributed by atoms with Crippen molar-refractivity contribution >= 4 is 11.6 Å². The largest absolute Gasteiger partial charge is 0.385 e. The zero-order chi connectivity index (χ0) is 13.8. The molecule has 2 rings (SSSR count). The van der Waals surface area contributed by atoms with Crippen molar-refractivity contribution in [2.24, 2.45) is 0 Å². The molecule has 1 saturated carbocycles. The molecule has 0 bridgehead atoms. The van der Waals surface area contributed by atoms with Crippen LogP contribution in [-0.2, 0) is 4.74 Å². The molecule has 4 nitrogen and oxygen atoms in total. The molecule has 19 heavy (non-hydrogen) atoms. The Morgan fingerprint density at radius 3 is 2.84 bits per heavy atom. The van der Waals surface area contributed by atoms with Crippen molar-refractivity contribution in [2.45, 2.75) is 31.4 Å². The lowest BCUT2D eigenvalue weighted by Gasteiger charge is -2.15. The van der Waals surface area contributed by atoms with Crippen LogP contribution in [0.3, 0.4) is 0 Å². The number of anilines is 1. The molecule has 104 valence electrons. The number of amides is 1. The van der Waals surface area contributed by atoms with Gasteiger partial charge in [0.15, 0.2) is 0 Å². The SMILES string of the molecule is CNc1c(F)cccc1C(=O)NC1CCC(OC)C1. The lowest BCUT2D eigenvalue weighted by Crippen LogP contribution is -2.33. The van der Waals surface area contributed by atoms with Crippen molar-refractivity contribution in [1.29, 1.82) is 0 Å². The van der Waals surface area contributed by atoms with Crippen LogP contribution in [0.15, 0.2) is 18.2 Å². The average Bonchev–Trinajstić information content (AvgIpc) is 2.86. The van der Waals surface area contributed by atoms with Crippen LogP contribution in [-0.4, -0.2) is 32.2 Å². The maximum Gasteiger partial charge on any atom is 0.253 e. The molecule has 1 amide bonds. The number of rotatable bonds is 4. The van der Waals surface area contributed by atoms with Gasteiger partial charge in [-0.1, -0.05) is 6.07 Å². The second kappa shape index (κ2) is 6.02. The Labute approximate surface area is 112 Å². The van der Waals surface area contributed by atoms with Gasteiger partial charge in [-0.2, -0.15) is 0 Å². The summed E-state index contributed by atoms with van der Waals surface area (Å²) in [6.07, 6.45) is 2.87. The monoisotopic (exact) mass is 266 g/mol. The maximum atomic E-state index is 13.6. The van der Waals surface area contributed by atoms with Crippen LogP contribution in [0.4, 0.5) is 10.1 Å². The van der Waals surface area contributed by atoms with Gasteiger partial charge in [0.25, 0.3) is 5.91 Å². The first-order chi connectivity index (χ1) is 9.15. The van der Waals surface area contributed by atoms with Gasteiger partial charge in [0.05, 0.1) is 17.4 Å². The van der Waals surface area contributed by atoms with Crippen molar-refractivity contribution in [3.05, 3.63) is 29.6 Å². The van der Waals surface area contributed by atoms with E-state index in [1.165, 1.54) is 12.1 Å². The predicted octanol–water partition coefficient (Wildman–Crippen LogP) is 2.16. The van der Waals surface area contributed by atoms with Gasteiger partial charge in [0.2, 0.25) is 0 Å². The van der Waals surface area contributed by atoms with E-state index in [9.17, 15) is 9.18 Å². The van der Waals surface area contributed by atoms with E-state index in [0.29, 0.717) is 5.56 Å². The first-order valence-corrected chi connectivity index (χ1v) is 6.45. The molecule has 0 aromatic heterocycles. The fourth-order valence-electron chi connectivity index (χ4n) is 2.52. The van der Waals surface area contributed by atoms with Crippen molar-refractivity contribution in [3.63, 3.8) is 0 Å². The molecule has 1 aromatic rings. The lowest BCUT2D eigenvalue weighted by atomic mass is 10.1. The molecule has 0 aliphatic heterocycles. The number of methoxy groups -OCH3 is 1. The van der Waals surface area contributed by atoms with E-state index in [1.54, 1.807) is 20.2 Å². The van der Waals surface area contributed by atoms with Crippen LogP contribution in [0.25, 0.3) is 0 Å². The second-order valence-corrected chi connectivity index (χ2v) is 4.75. The molecule has 0 saturated heterocycles. The van der Waals surface area contributed by atoms with E-state index in [0.717, 1.165) is 19.3 Å². The van der Waals surface area contributed by atoms with E-state index in [1.807, 2.05) is 0 Å². The smallest absolute Gasteiger partial charge is 0.253 e. The summed E-state index contributed by atoms with van der Waals surface area (Å²) in [5.41, 5.74) is 0.574. The molecule has 5 heteroatoms. The summed E-state index contributed by atoms with van der Waals surface area (Å²) in [5, 5.41) is 5.66. The number of para-hydroxylation sites is 1. The average molecular weight is 266 g/mol. The summed E-state index contributed by atoms with van der Waals surface area (Å²) >= 11 is 0. The highest BCUT2D eigenvalue weighted by Crippen LogP contribution is 2.23. The first-order valence-electron chi connectivity index (χ1n) is 6.45. The van der Waals surface area contributed by atoms with Crippen molar-refractivity contribution < 1.29 is 13.9 Å². The maximum absolute atomic E-state index is 13.6. The third kappa shape index (κ3) is 3.04. The highest BCUT2D eigenvalue weighted by Gasteiger charge is 2.26. The zero-order valence-corrected chi connectivity index (χ0v) is 11.2. The Morgan fingerprint density at radius 1 is 1.42 bits per heavy atom. The number of nitrogens with one attached hydrogen (secondary N) is 2. The number of carbonyl (C=O) groups excluding carboxylic acids is 1. The molecule has 1 aliphatic rings. The van der Waals surface area contributed by atoms with Crippen molar-refractivity contribution in [1.82, 2.24) is 5.32 Å². The molecule has 1 fully saturated rings.